The van der Waals surface area contributed by atoms with E-state index in [9.17, 15) is 25.0 Å². The average molecular weight is 364 g/mol. The highest BCUT2D eigenvalue weighted by atomic mass is 16.6. The first-order valence-electron chi connectivity index (χ1n) is 8.08. The second kappa shape index (κ2) is 6.13. The maximum Gasteiger partial charge on any atom is 0.271 e. The molecule has 1 aliphatic rings. The molecule has 0 amide bonds. The number of hydrogen-bond donors (Lipinski definition) is 0. The predicted molar refractivity (Wildman–Crippen MR) is 98.2 cm³/mol. The van der Waals surface area contributed by atoms with Crippen molar-refractivity contribution in [3.63, 3.8) is 0 Å². The van der Waals surface area contributed by atoms with E-state index < -0.39 is 9.85 Å². The van der Waals surface area contributed by atoms with E-state index in [2.05, 4.69) is 4.98 Å². The van der Waals surface area contributed by atoms with Gasteiger partial charge in [0.15, 0.2) is 0 Å². The van der Waals surface area contributed by atoms with Crippen molar-refractivity contribution in [2.45, 2.75) is 13.0 Å². The molecule has 0 bridgehead atoms. The molecule has 134 valence electrons. The summed E-state index contributed by atoms with van der Waals surface area (Å²) in [6.07, 6.45) is 2.40. The summed E-state index contributed by atoms with van der Waals surface area (Å²) in [5.41, 5.74) is 1.45. The van der Waals surface area contributed by atoms with Crippen LogP contribution in [0.1, 0.15) is 17.8 Å². The van der Waals surface area contributed by atoms with Gasteiger partial charge in [0, 0.05) is 30.8 Å². The van der Waals surface area contributed by atoms with Crippen LogP contribution in [0.15, 0.2) is 47.3 Å². The first-order valence-corrected chi connectivity index (χ1v) is 8.08. The molecular weight excluding hydrogens is 352 g/mol. The van der Waals surface area contributed by atoms with E-state index in [0.717, 1.165) is 11.1 Å². The molecule has 4 rings (SSSR count). The van der Waals surface area contributed by atoms with E-state index in [1.54, 1.807) is 16.7 Å². The lowest BCUT2D eigenvalue weighted by Gasteiger charge is -2.05. The standard InChI is InChI=1S/C18H12N4O5/c23-18-15-6-5-14(22(26)27)10-16(15)19-17-12(7-8-20(17)18)9-11-1-3-13(4-2-11)21(24)25/h1-6,9-10H,7-8H2/b12-9+. The number of rotatable bonds is 3. The number of nitro benzene ring substituents is 2. The lowest BCUT2D eigenvalue weighted by Crippen LogP contribution is -2.20. The molecule has 0 unspecified atom stereocenters. The highest BCUT2D eigenvalue weighted by molar-refractivity contribution is 5.85. The van der Waals surface area contributed by atoms with Gasteiger partial charge in [-0.15, -0.1) is 0 Å². The number of allylic oxidation sites excluding steroid dienone is 1. The molecule has 1 aliphatic heterocycles. The summed E-state index contributed by atoms with van der Waals surface area (Å²) < 4.78 is 1.55. The van der Waals surface area contributed by atoms with Gasteiger partial charge in [-0.05, 0) is 41.8 Å². The minimum atomic E-state index is -0.528. The van der Waals surface area contributed by atoms with Crippen molar-refractivity contribution >= 4 is 33.9 Å². The van der Waals surface area contributed by atoms with E-state index in [-0.39, 0.29) is 22.5 Å². The van der Waals surface area contributed by atoms with Crippen LogP contribution < -0.4 is 5.56 Å². The smallest absolute Gasteiger partial charge is 0.271 e. The van der Waals surface area contributed by atoms with E-state index in [0.29, 0.717) is 24.2 Å². The van der Waals surface area contributed by atoms with Gasteiger partial charge in [0.25, 0.3) is 16.9 Å². The molecule has 0 aliphatic carbocycles. The van der Waals surface area contributed by atoms with Crippen molar-refractivity contribution in [1.29, 1.82) is 0 Å². The van der Waals surface area contributed by atoms with Gasteiger partial charge < -0.3 is 0 Å². The fraction of sp³-hybridized carbons (Fsp3) is 0.111. The monoisotopic (exact) mass is 364 g/mol. The topological polar surface area (TPSA) is 121 Å². The van der Waals surface area contributed by atoms with Gasteiger partial charge in [0.2, 0.25) is 0 Å². The van der Waals surface area contributed by atoms with Crippen LogP contribution >= 0.6 is 0 Å². The van der Waals surface area contributed by atoms with Crippen molar-refractivity contribution in [2.24, 2.45) is 0 Å². The summed E-state index contributed by atoms with van der Waals surface area (Å²) in [5.74, 6) is 0.464. The van der Waals surface area contributed by atoms with Crippen molar-refractivity contribution in [3.05, 3.63) is 84.4 Å². The van der Waals surface area contributed by atoms with Gasteiger partial charge in [0.1, 0.15) is 5.82 Å². The SMILES string of the molecule is O=c1c2ccc([N+](=O)[O-])cc2nc2n1CC/C2=C\c1ccc([N+](=O)[O-])cc1. The lowest BCUT2D eigenvalue weighted by molar-refractivity contribution is -0.385. The molecule has 0 saturated carbocycles. The minimum absolute atomic E-state index is 0.00313. The van der Waals surface area contributed by atoms with Crippen LogP contribution in [0.4, 0.5) is 11.4 Å². The second-order valence-corrected chi connectivity index (χ2v) is 6.12. The summed E-state index contributed by atoms with van der Waals surface area (Å²) in [7, 11) is 0. The quantitative estimate of drug-likeness (QED) is 0.520. The summed E-state index contributed by atoms with van der Waals surface area (Å²) >= 11 is 0. The van der Waals surface area contributed by atoms with E-state index in [1.165, 1.54) is 30.3 Å². The molecule has 1 aromatic heterocycles. The van der Waals surface area contributed by atoms with Crippen molar-refractivity contribution in [3.8, 4) is 0 Å². The van der Waals surface area contributed by atoms with Crippen LogP contribution in [-0.4, -0.2) is 19.4 Å². The van der Waals surface area contributed by atoms with Crippen LogP contribution in [0.3, 0.4) is 0 Å². The number of non-ortho nitro benzene ring substituents is 2. The van der Waals surface area contributed by atoms with Gasteiger partial charge in [-0.3, -0.25) is 29.6 Å². The zero-order chi connectivity index (χ0) is 19.1. The molecule has 0 saturated heterocycles. The van der Waals surface area contributed by atoms with Crippen LogP contribution in [-0.2, 0) is 6.54 Å². The van der Waals surface area contributed by atoms with Gasteiger partial charge >= 0.3 is 0 Å². The zero-order valence-corrected chi connectivity index (χ0v) is 13.9. The predicted octanol–water partition coefficient (Wildman–Crippen LogP) is 3.16. The van der Waals surface area contributed by atoms with Crippen LogP contribution in [0.5, 0.6) is 0 Å². The van der Waals surface area contributed by atoms with E-state index in [1.807, 2.05) is 6.08 Å². The fourth-order valence-corrected chi connectivity index (χ4v) is 3.15. The number of benzene rings is 2. The molecule has 2 aromatic carbocycles. The molecule has 27 heavy (non-hydrogen) atoms. The van der Waals surface area contributed by atoms with Crippen LogP contribution in [0.25, 0.3) is 22.6 Å². The van der Waals surface area contributed by atoms with E-state index in [4.69, 9.17) is 0 Å². The van der Waals surface area contributed by atoms with Crippen LogP contribution in [0.2, 0.25) is 0 Å². The minimum Gasteiger partial charge on any atom is -0.292 e. The third-order valence-corrected chi connectivity index (χ3v) is 4.49. The molecule has 2 heterocycles. The number of nitrogens with zero attached hydrogens (tertiary/aromatic N) is 4. The largest absolute Gasteiger partial charge is 0.292 e. The molecule has 0 radical (unpaired) electrons. The Labute approximate surface area is 151 Å². The number of hydrogen-bond acceptors (Lipinski definition) is 6. The van der Waals surface area contributed by atoms with Crippen LogP contribution in [0, 0.1) is 20.2 Å². The van der Waals surface area contributed by atoms with Gasteiger partial charge in [-0.25, -0.2) is 4.98 Å². The molecule has 0 N–H and O–H groups in total. The molecule has 9 heteroatoms. The maximum absolute atomic E-state index is 12.7. The van der Waals surface area contributed by atoms with Gasteiger partial charge in [-0.2, -0.15) is 0 Å². The highest BCUT2D eigenvalue weighted by Crippen LogP contribution is 2.28. The maximum atomic E-state index is 12.7. The average Bonchev–Trinajstić information content (AvgIpc) is 3.05. The molecule has 0 atom stereocenters. The Bertz CT molecular complexity index is 1190. The van der Waals surface area contributed by atoms with Crippen molar-refractivity contribution < 1.29 is 9.85 Å². The van der Waals surface area contributed by atoms with Gasteiger partial charge in [0.05, 0.1) is 20.7 Å². The molecule has 0 spiro atoms. The Hall–Kier alpha value is -3.88. The third-order valence-electron chi connectivity index (χ3n) is 4.49. The summed E-state index contributed by atoms with van der Waals surface area (Å²) in [6, 6.07) is 10.1. The Morgan fingerprint density at radius 1 is 1.00 bits per heavy atom. The summed E-state index contributed by atoms with van der Waals surface area (Å²) in [4.78, 5) is 37.9. The Balaban J connectivity index is 1.82. The third kappa shape index (κ3) is 2.84. The Morgan fingerprint density at radius 3 is 2.33 bits per heavy atom. The fourth-order valence-electron chi connectivity index (χ4n) is 3.15. The molecule has 0 fully saturated rings. The lowest BCUT2D eigenvalue weighted by atomic mass is 10.1. The van der Waals surface area contributed by atoms with Gasteiger partial charge in [-0.1, -0.05) is 0 Å². The molecule has 3 aromatic rings. The molecule has 9 nitrogen and oxygen atoms in total. The first-order chi connectivity index (χ1) is 12.9. The number of fused-ring (bicyclic) bond motifs is 2. The normalized spacial score (nSPS) is 14.4. The van der Waals surface area contributed by atoms with Crippen molar-refractivity contribution in [2.75, 3.05) is 0 Å². The number of aromatic nitrogens is 2. The summed E-state index contributed by atoms with van der Waals surface area (Å²) in [6.45, 7) is 0.465. The van der Waals surface area contributed by atoms with E-state index >= 15 is 0 Å². The summed E-state index contributed by atoms with van der Waals surface area (Å²) in [5, 5.41) is 22.1. The second-order valence-electron chi connectivity index (χ2n) is 6.12. The zero-order valence-electron chi connectivity index (χ0n) is 13.9. The van der Waals surface area contributed by atoms with Crippen molar-refractivity contribution in [1.82, 2.24) is 9.55 Å². The Kier molecular flexibility index (Phi) is 3.76. The highest BCUT2D eigenvalue weighted by Gasteiger charge is 2.22. The Morgan fingerprint density at radius 2 is 1.67 bits per heavy atom. The molecular formula is C18H12N4O5. The number of nitro groups is 2. The first kappa shape index (κ1) is 16.6.